The molecule has 0 aliphatic rings. The molecule has 0 spiro atoms. The zero-order chi connectivity index (χ0) is 10.6. The van der Waals surface area contributed by atoms with Crippen LogP contribution in [0.5, 0.6) is 5.75 Å². The zero-order valence-electron chi connectivity index (χ0n) is 8.04. The van der Waals surface area contributed by atoms with Crippen LogP contribution in [0, 0.1) is 18.3 Å². The van der Waals surface area contributed by atoms with Crippen LogP contribution < -0.4 is 4.74 Å². The molecule has 3 heteroatoms. The second kappa shape index (κ2) is 4.69. The minimum Gasteiger partial charge on any atom is -0.496 e. The van der Waals surface area contributed by atoms with Gasteiger partial charge < -0.3 is 4.74 Å². The quantitative estimate of drug-likeness (QED) is 0.699. The average Bonchev–Trinajstić information content (AvgIpc) is 2.18. The third-order valence-electron chi connectivity index (χ3n) is 1.80. The molecule has 14 heavy (non-hydrogen) atoms. The van der Waals surface area contributed by atoms with Gasteiger partial charge in [0, 0.05) is 11.6 Å². The molecule has 0 unspecified atom stereocenters. The molecule has 0 atom stereocenters. The van der Waals surface area contributed by atoms with Crippen LogP contribution in [0.3, 0.4) is 0 Å². The fourth-order valence-electron chi connectivity index (χ4n) is 1.14. The summed E-state index contributed by atoms with van der Waals surface area (Å²) in [6.07, 6.45) is 1.29. The second-order valence-corrected chi connectivity index (χ2v) is 3.23. The number of rotatable bonds is 2. The van der Waals surface area contributed by atoms with E-state index in [0.29, 0.717) is 10.8 Å². The van der Waals surface area contributed by atoms with Crippen LogP contribution in [0.15, 0.2) is 24.3 Å². The van der Waals surface area contributed by atoms with Crippen molar-refractivity contribution in [2.75, 3.05) is 7.11 Å². The van der Waals surface area contributed by atoms with Crippen molar-refractivity contribution >= 4 is 16.6 Å². The Balaban J connectivity index is 3.25. The highest BCUT2D eigenvalue weighted by Gasteiger charge is 2.06. The van der Waals surface area contributed by atoms with Gasteiger partial charge in [0.2, 0.25) is 0 Å². The fourth-order valence-corrected chi connectivity index (χ4v) is 1.34. The summed E-state index contributed by atoms with van der Waals surface area (Å²) in [6, 6.07) is 7.53. The molecule has 0 aromatic heterocycles. The molecule has 1 rings (SSSR count). The normalized spacial score (nSPS) is 10.9. The topological polar surface area (TPSA) is 33.0 Å². The number of nitrogens with zero attached hydrogens (tertiary/aromatic N) is 1. The summed E-state index contributed by atoms with van der Waals surface area (Å²) in [5.41, 5.74) is 1.82. The molecule has 1 aromatic rings. The number of benzene rings is 1. The number of hydrogen-bond donors (Lipinski definition) is 0. The summed E-state index contributed by atoms with van der Waals surface area (Å²) >= 11 is 5.92. The average molecular weight is 208 g/mol. The number of nitriles is 1. The Morgan fingerprint density at radius 1 is 1.57 bits per heavy atom. The molecular weight excluding hydrogens is 198 g/mol. The smallest absolute Gasteiger partial charge is 0.127 e. The molecule has 0 aliphatic carbocycles. The van der Waals surface area contributed by atoms with Gasteiger partial charge in [-0.3, -0.25) is 0 Å². The molecule has 0 bridgehead atoms. The van der Waals surface area contributed by atoms with Gasteiger partial charge in [0.05, 0.1) is 18.2 Å². The Morgan fingerprint density at radius 2 is 2.29 bits per heavy atom. The van der Waals surface area contributed by atoms with Crippen molar-refractivity contribution in [3.63, 3.8) is 0 Å². The van der Waals surface area contributed by atoms with E-state index in [-0.39, 0.29) is 0 Å². The molecule has 0 heterocycles. The van der Waals surface area contributed by atoms with Crippen LogP contribution >= 0.6 is 11.6 Å². The molecular formula is C11H10ClNO. The van der Waals surface area contributed by atoms with Crippen molar-refractivity contribution in [2.45, 2.75) is 6.92 Å². The molecule has 0 saturated heterocycles. The molecule has 0 aliphatic heterocycles. The van der Waals surface area contributed by atoms with Crippen molar-refractivity contribution in [1.29, 1.82) is 5.26 Å². The molecule has 1 aromatic carbocycles. The lowest BCUT2D eigenvalue weighted by Crippen LogP contribution is -1.89. The standard InChI is InChI=1S/C11H10ClNO/c1-8-3-4-11(14-2)9(7-8)10(12)5-6-13/h3-5,7H,1-2H3. The van der Waals surface area contributed by atoms with Crippen LogP contribution in [0.4, 0.5) is 0 Å². The lowest BCUT2D eigenvalue weighted by Gasteiger charge is -2.07. The van der Waals surface area contributed by atoms with Gasteiger partial charge in [-0.1, -0.05) is 23.2 Å². The summed E-state index contributed by atoms with van der Waals surface area (Å²) in [4.78, 5) is 0. The lowest BCUT2D eigenvalue weighted by atomic mass is 10.1. The van der Waals surface area contributed by atoms with Crippen LogP contribution in [-0.2, 0) is 0 Å². The third kappa shape index (κ3) is 2.27. The fraction of sp³-hybridized carbons (Fsp3) is 0.182. The zero-order valence-corrected chi connectivity index (χ0v) is 8.80. The van der Waals surface area contributed by atoms with Crippen LogP contribution in [-0.4, -0.2) is 7.11 Å². The Hall–Kier alpha value is -1.46. The van der Waals surface area contributed by atoms with E-state index in [4.69, 9.17) is 21.6 Å². The molecule has 0 radical (unpaired) electrons. The maximum absolute atomic E-state index is 8.48. The van der Waals surface area contributed by atoms with E-state index in [9.17, 15) is 0 Å². The first-order valence-electron chi connectivity index (χ1n) is 4.09. The summed E-state index contributed by atoms with van der Waals surface area (Å²) in [5, 5.41) is 8.88. The SMILES string of the molecule is COc1ccc(C)cc1C(Cl)=CC#N. The predicted molar refractivity (Wildman–Crippen MR) is 57.2 cm³/mol. The van der Waals surface area contributed by atoms with E-state index in [1.165, 1.54) is 6.08 Å². The van der Waals surface area contributed by atoms with Crippen LogP contribution in [0.1, 0.15) is 11.1 Å². The number of allylic oxidation sites excluding steroid dienone is 1. The Labute approximate surface area is 88.4 Å². The van der Waals surface area contributed by atoms with Gasteiger partial charge in [-0.2, -0.15) is 5.26 Å². The van der Waals surface area contributed by atoms with Gasteiger partial charge in [-0.25, -0.2) is 0 Å². The highest BCUT2D eigenvalue weighted by Crippen LogP contribution is 2.29. The molecule has 0 saturated carbocycles. The van der Waals surface area contributed by atoms with Gasteiger partial charge >= 0.3 is 0 Å². The minimum atomic E-state index is 0.396. The van der Waals surface area contributed by atoms with E-state index >= 15 is 0 Å². The van der Waals surface area contributed by atoms with Gasteiger partial charge in [-0.15, -0.1) is 0 Å². The van der Waals surface area contributed by atoms with Gasteiger partial charge in [0.25, 0.3) is 0 Å². The van der Waals surface area contributed by atoms with Gasteiger partial charge in [-0.05, 0) is 19.1 Å². The molecule has 2 nitrogen and oxygen atoms in total. The minimum absolute atomic E-state index is 0.396. The number of hydrogen-bond acceptors (Lipinski definition) is 2. The number of methoxy groups -OCH3 is 1. The van der Waals surface area contributed by atoms with E-state index in [2.05, 4.69) is 0 Å². The lowest BCUT2D eigenvalue weighted by molar-refractivity contribution is 0.413. The molecule has 0 fully saturated rings. The number of halogens is 1. The van der Waals surface area contributed by atoms with Crippen LogP contribution in [0.2, 0.25) is 0 Å². The second-order valence-electron chi connectivity index (χ2n) is 2.83. The molecule has 0 amide bonds. The first-order chi connectivity index (χ1) is 6.69. The first kappa shape index (κ1) is 10.6. The summed E-state index contributed by atoms with van der Waals surface area (Å²) in [5.74, 6) is 0.673. The maximum atomic E-state index is 8.48. The maximum Gasteiger partial charge on any atom is 0.127 e. The number of aryl methyl sites for hydroxylation is 1. The van der Waals surface area contributed by atoms with Crippen LogP contribution in [0.25, 0.3) is 5.03 Å². The number of ether oxygens (including phenoxy) is 1. The summed E-state index contributed by atoms with van der Waals surface area (Å²) in [7, 11) is 1.57. The third-order valence-corrected chi connectivity index (χ3v) is 2.12. The van der Waals surface area contributed by atoms with Crippen molar-refractivity contribution in [3.05, 3.63) is 35.4 Å². The van der Waals surface area contributed by atoms with E-state index < -0.39 is 0 Å². The van der Waals surface area contributed by atoms with Gasteiger partial charge in [0.15, 0.2) is 0 Å². The predicted octanol–water partition coefficient (Wildman–Crippen LogP) is 3.11. The summed E-state index contributed by atoms with van der Waals surface area (Å²) in [6.45, 7) is 1.96. The highest BCUT2D eigenvalue weighted by molar-refractivity contribution is 6.49. The van der Waals surface area contributed by atoms with Crippen molar-refractivity contribution in [3.8, 4) is 11.8 Å². The van der Waals surface area contributed by atoms with Gasteiger partial charge in [0.1, 0.15) is 5.75 Å². The van der Waals surface area contributed by atoms with E-state index in [1.807, 2.05) is 31.2 Å². The summed E-state index contributed by atoms with van der Waals surface area (Å²) < 4.78 is 5.13. The van der Waals surface area contributed by atoms with Crippen molar-refractivity contribution in [1.82, 2.24) is 0 Å². The molecule has 72 valence electrons. The van der Waals surface area contributed by atoms with E-state index in [1.54, 1.807) is 7.11 Å². The molecule has 0 N–H and O–H groups in total. The van der Waals surface area contributed by atoms with Crippen molar-refractivity contribution in [2.24, 2.45) is 0 Å². The highest BCUT2D eigenvalue weighted by atomic mass is 35.5. The Morgan fingerprint density at radius 3 is 2.86 bits per heavy atom. The largest absolute Gasteiger partial charge is 0.496 e. The first-order valence-corrected chi connectivity index (χ1v) is 4.47. The Kier molecular flexibility index (Phi) is 3.55. The van der Waals surface area contributed by atoms with E-state index in [0.717, 1.165) is 11.1 Å². The van der Waals surface area contributed by atoms with Crippen molar-refractivity contribution < 1.29 is 4.74 Å². The monoisotopic (exact) mass is 207 g/mol. The Bertz CT molecular complexity index is 404.